The van der Waals surface area contributed by atoms with Crippen LogP contribution in [0, 0.1) is 0 Å². The average Bonchev–Trinajstić information content (AvgIpc) is 3.39. The van der Waals surface area contributed by atoms with Gasteiger partial charge in [-0.05, 0) is 52.2 Å². The summed E-state index contributed by atoms with van der Waals surface area (Å²) in [4.78, 5) is 15.4. The van der Waals surface area contributed by atoms with Crippen molar-refractivity contribution in [2.24, 2.45) is 0 Å². The van der Waals surface area contributed by atoms with E-state index in [0.717, 1.165) is 16.9 Å². The second kappa shape index (κ2) is 7.08. The molecule has 0 atom stereocenters. The van der Waals surface area contributed by atoms with Crippen LogP contribution in [0.3, 0.4) is 0 Å². The zero-order valence-electron chi connectivity index (χ0n) is 15.2. The Kier molecular flexibility index (Phi) is 4.14. The lowest BCUT2D eigenvalue weighted by molar-refractivity contribution is 1.04. The van der Waals surface area contributed by atoms with Crippen LogP contribution in [0.25, 0.3) is 21.8 Å². The third-order valence-electron chi connectivity index (χ3n) is 4.82. The van der Waals surface area contributed by atoms with Crippen molar-refractivity contribution in [1.82, 2.24) is 19.9 Å². The smallest absolute Gasteiger partial charge is 0.224 e. The summed E-state index contributed by atoms with van der Waals surface area (Å²) in [5, 5.41) is 9.09. The molecule has 0 amide bonds. The molecule has 0 saturated heterocycles. The van der Waals surface area contributed by atoms with Crippen LogP contribution in [-0.4, -0.2) is 19.9 Å². The molecular formula is C22H20N6. The molecule has 0 aliphatic carbocycles. The Morgan fingerprint density at radius 2 is 1.36 bits per heavy atom. The topological polar surface area (TPSA) is 81.4 Å². The molecule has 0 spiro atoms. The Bertz CT molecular complexity index is 1140. The molecule has 0 radical (unpaired) electrons. The number of fused-ring (bicyclic) bond motifs is 2. The van der Waals surface area contributed by atoms with Gasteiger partial charge in [0.25, 0.3) is 0 Å². The van der Waals surface area contributed by atoms with Crippen molar-refractivity contribution in [2.45, 2.75) is 13.1 Å². The highest BCUT2D eigenvalue weighted by molar-refractivity contribution is 5.80. The van der Waals surface area contributed by atoms with Crippen molar-refractivity contribution in [1.29, 1.82) is 0 Å². The van der Waals surface area contributed by atoms with Crippen molar-refractivity contribution < 1.29 is 0 Å². The zero-order chi connectivity index (χ0) is 18.8. The Hall–Kier alpha value is -3.80. The molecular weight excluding hydrogens is 348 g/mol. The molecule has 0 bridgehead atoms. The third kappa shape index (κ3) is 3.40. The molecule has 0 saturated carbocycles. The van der Waals surface area contributed by atoms with Crippen LogP contribution < -0.4 is 10.6 Å². The molecule has 28 heavy (non-hydrogen) atoms. The van der Waals surface area contributed by atoms with E-state index in [9.17, 15) is 0 Å². The number of hydrogen-bond donors (Lipinski definition) is 4. The second-order valence-electron chi connectivity index (χ2n) is 6.77. The van der Waals surface area contributed by atoms with Crippen molar-refractivity contribution in [3.8, 4) is 0 Å². The number of anilines is 2. The lowest BCUT2D eigenvalue weighted by atomic mass is 10.1. The van der Waals surface area contributed by atoms with E-state index in [1.165, 1.54) is 21.9 Å². The minimum absolute atomic E-state index is 0.608. The van der Waals surface area contributed by atoms with Gasteiger partial charge < -0.3 is 20.6 Å². The van der Waals surface area contributed by atoms with E-state index in [1.807, 2.05) is 18.5 Å². The molecule has 0 unspecified atom stereocenters. The van der Waals surface area contributed by atoms with Crippen LogP contribution in [0.15, 0.2) is 73.2 Å². The van der Waals surface area contributed by atoms with Crippen LogP contribution in [-0.2, 0) is 13.1 Å². The summed E-state index contributed by atoms with van der Waals surface area (Å²) < 4.78 is 0. The number of hydrogen-bond acceptors (Lipinski definition) is 4. The van der Waals surface area contributed by atoms with Crippen LogP contribution in [0.1, 0.15) is 11.1 Å². The molecule has 6 nitrogen and oxygen atoms in total. The fourth-order valence-electron chi connectivity index (χ4n) is 3.33. The summed E-state index contributed by atoms with van der Waals surface area (Å²) in [6, 6.07) is 18.8. The first-order valence-electron chi connectivity index (χ1n) is 9.26. The number of aromatic nitrogens is 4. The first-order chi connectivity index (χ1) is 13.8. The molecule has 6 heteroatoms. The monoisotopic (exact) mass is 368 g/mol. The van der Waals surface area contributed by atoms with E-state index in [0.29, 0.717) is 19.0 Å². The van der Waals surface area contributed by atoms with E-state index in [1.54, 1.807) is 6.20 Å². The normalized spacial score (nSPS) is 11.1. The standard InChI is InChI=1S/C22H20N6/c1-3-17-5-8-23-19(17)11-15(1)13-26-21-7-10-25-22(28-21)27-14-16-2-4-18-6-9-24-20(18)12-16/h1-12,23-24H,13-14H2,(H2,25,26,27,28). The second-order valence-corrected chi connectivity index (χ2v) is 6.77. The lowest BCUT2D eigenvalue weighted by Gasteiger charge is -2.09. The molecule has 3 aromatic heterocycles. The molecule has 0 fully saturated rings. The predicted molar refractivity (Wildman–Crippen MR) is 113 cm³/mol. The van der Waals surface area contributed by atoms with Gasteiger partial charge in [-0.2, -0.15) is 4.98 Å². The van der Waals surface area contributed by atoms with Crippen LogP contribution in [0.4, 0.5) is 11.8 Å². The van der Waals surface area contributed by atoms with E-state index in [-0.39, 0.29) is 0 Å². The Balaban J connectivity index is 1.23. The fraction of sp³-hybridized carbons (Fsp3) is 0.0909. The fourth-order valence-corrected chi connectivity index (χ4v) is 3.33. The SMILES string of the molecule is c1cc(NCc2ccc3cc[nH]c3c2)nc(NCc2ccc3cc[nH]c3c2)n1. The van der Waals surface area contributed by atoms with Gasteiger partial charge in [-0.3, -0.25) is 0 Å². The number of nitrogens with one attached hydrogen (secondary N) is 4. The number of benzene rings is 2. The van der Waals surface area contributed by atoms with Crippen molar-refractivity contribution in [3.63, 3.8) is 0 Å². The maximum Gasteiger partial charge on any atom is 0.224 e. The largest absolute Gasteiger partial charge is 0.366 e. The summed E-state index contributed by atoms with van der Waals surface area (Å²) in [7, 11) is 0. The summed E-state index contributed by atoms with van der Waals surface area (Å²) in [6.07, 6.45) is 5.67. The highest BCUT2D eigenvalue weighted by Gasteiger charge is 2.02. The van der Waals surface area contributed by atoms with Gasteiger partial charge in [0.15, 0.2) is 0 Å². The van der Waals surface area contributed by atoms with E-state index in [4.69, 9.17) is 0 Å². The van der Waals surface area contributed by atoms with Gasteiger partial charge in [0.1, 0.15) is 5.82 Å². The summed E-state index contributed by atoms with van der Waals surface area (Å²) in [5.74, 6) is 1.40. The van der Waals surface area contributed by atoms with Gasteiger partial charge in [0.2, 0.25) is 5.95 Å². The summed E-state index contributed by atoms with van der Waals surface area (Å²) >= 11 is 0. The highest BCUT2D eigenvalue weighted by atomic mass is 15.1. The number of rotatable bonds is 6. The molecule has 4 N–H and O–H groups in total. The molecule has 3 heterocycles. The van der Waals surface area contributed by atoms with Crippen LogP contribution in [0.2, 0.25) is 0 Å². The summed E-state index contributed by atoms with van der Waals surface area (Å²) in [6.45, 7) is 1.37. The molecule has 0 aliphatic heterocycles. The molecule has 2 aromatic carbocycles. The molecule has 5 aromatic rings. The molecule has 5 rings (SSSR count). The number of nitrogens with zero attached hydrogens (tertiary/aromatic N) is 2. The van der Waals surface area contributed by atoms with Crippen molar-refractivity contribution in [3.05, 3.63) is 84.3 Å². The van der Waals surface area contributed by atoms with E-state index in [2.05, 4.69) is 79.1 Å². The number of H-pyrrole nitrogens is 2. The van der Waals surface area contributed by atoms with Crippen LogP contribution in [0.5, 0.6) is 0 Å². The molecule has 0 aliphatic rings. The highest BCUT2D eigenvalue weighted by Crippen LogP contribution is 2.17. The van der Waals surface area contributed by atoms with Crippen molar-refractivity contribution >= 4 is 33.6 Å². The first kappa shape index (κ1) is 16.4. The average molecular weight is 368 g/mol. The Labute approximate surface area is 162 Å². The maximum atomic E-state index is 4.56. The van der Waals surface area contributed by atoms with Gasteiger partial charge in [-0.1, -0.05) is 24.3 Å². The Morgan fingerprint density at radius 3 is 2.04 bits per heavy atom. The minimum Gasteiger partial charge on any atom is -0.366 e. The van der Waals surface area contributed by atoms with Gasteiger partial charge in [0.05, 0.1) is 0 Å². The van der Waals surface area contributed by atoms with E-state index < -0.39 is 0 Å². The van der Waals surface area contributed by atoms with Crippen molar-refractivity contribution in [2.75, 3.05) is 10.6 Å². The van der Waals surface area contributed by atoms with Gasteiger partial charge in [0, 0.05) is 42.7 Å². The predicted octanol–water partition coefficient (Wildman–Crippen LogP) is 4.66. The van der Waals surface area contributed by atoms with Gasteiger partial charge in [-0.15, -0.1) is 0 Å². The zero-order valence-corrected chi connectivity index (χ0v) is 15.2. The third-order valence-corrected chi connectivity index (χ3v) is 4.82. The van der Waals surface area contributed by atoms with Gasteiger partial charge >= 0.3 is 0 Å². The quantitative estimate of drug-likeness (QED) is 0.351. The van der Waals surface area contributed by atoms with Gasteiger partial charge in [-0.25, -0.2) is 4.98 Å². The molecule has 138 valence electrons. The number of aromatic amines is 2. The minimum atomic E-state index is 0.608. The first-order valence-corrected chi connectivity index (χ1v) is 9.26. The Morgan fingerprint density at radius 1 is 0.714 bits per heavy atom. The lowest BCUT2D eigenvalue weighted by Crippen LogP contribution is -2.06. The maximum absolute atomic E-state index is 4.56. The summed E-state index contributed by atoms with van der Waals surface area (Å²) in [5.41, 5.74) is 4.65. The van der Waals surface area contributed by atoms with E-state index >= 15 is 0 Å². The van der Waals surface area contributed by atoms with Crippen LogP contribution >= 0.6 is 0 Å².